The fourth-order valence-electron chi connectivity index (χ4n) is 3.89. The van der Waals surface area contributed by atoms with Crippen molar-refractivity contribution in [3.05, 3.63) is 96.1 Å². The maximum atomic E-state index is 12.9. The van der Waals surface area contributed by atoms with E-state index < -0.39 is 0 Å². The molecule has 1 fully saturated rings. The van der Waals surface area contributed by atoms with Crippen LogP contribution in [0.25, 0.3) is 10.9 Å². The lowest BCUT2D eigenvalue weighted by Gasteiger charge is -2.34. The van der Waals surface area contributed by atoms with E-state index in [1.807, 2.05) is 36.4 Å². The molecule has 7 nitrogen and oxygen atoms in total. The number of para-hydroxylation sites is 1. The number of nitrogens with zero attached hydrogens (tertiary/aromatic N) is 3. The highest BCUT2D eigenvalue weighted by Gasteiger charge is 2.26. The van der Waals surface area contributed by atoms with Gasteiger partial charge in [-0.15, -0.1) is 0 Å². The van der Waals surface area contributed by atoms with Gasteiger partial charge in [0.05, 0.1) is 17.5 Å². The Morgan fingerprint density at radius 3 is 2.27 bits per heavy atom. The van der Waals surface area contributed by atoms with Crippen molar-refractivity contribution in [3.8, 4) is 5.75 Å². The fourth-order valence-corrected chi connectivity index (χ4v) is 3.89. The Morgan fingerprint density at radius 2 is 1.55 bits per heavy atom. The molecule has 0 atom stereocenters. The molecule has 7 heteroatoms. The molecule has 33 heavy (non-hydrogen) atoms. The van der Waals surface area contributed by atoms with E-state index in [9.17, 15) is 9.59 Å². The molecule has 0 saturated carbocycles. The predicted molar refractivity (Wildman–Crippen MR) is 123 cm³/mol. The molecule has 1 aliphatic rings. The number of hydrogen-bond acceptors (Lipinski definition) is 5. The van der Waals surface area contributed by atoms with E-state index in [-0.39, 0.29) is 11.8 Å². The summed E-state index contributed by atoms with van der Waals surface area (Å²) in [6.45, 7) is 2.27. The van der Waals surface area contributed by atoms with Gasteiger partial charge in [-0.3, -0.25) is 9.59 Å². The third kappa shape index (κ3) is 4.57. The Morgan fingerprint density at radius 1 is 0.818 bits per heavy atom. The van der Waals surface area contributed by atoms with Crippen LogP contribution in [0.1, 0.15) is 26.6 Å². The third-order valence-corrected chi connectivity index (χ3v) is 5.73. The van der Waals surface area contributed by atoms with Crippen LogP contribution in [0.2, 0.25) is 0 Å². The minimum absolute atomic E-state index is 0.0529. The number of rotatable bonds is 5. The number of benzene rings is 2. The first-order valence-corrected chi connectivity index (χ1v) is 10.9. The zero-order chi connectivity index (χ0) is 22.6. The summed E-state index contributed by atoms with van der Waals surface area (Å²) >= 11 is 0. The maximum Gasteiger partial charge on any atom is 0.289 e. The van der Waals surface area contributed by atoms with Crippen molar-refractivity contribution in [3.63, 3.8) is 0 Å². The van der Waals surface area contributed by atoms with E-state index in [0.717, 1.165) is 16.6 Å². The van der Waals surface area contributed by atoms with Gasteiger partial charge in [0.1, 0.15) is 12.4 Å². The molecule has 0 radical (unpaired) electrons. The van der Waals surface area contributed by atoms with Crippen molar-refractivity contribution in [2.24, 2.45) is 0 Å². The van der Waals surface area contributed by atoms with Gasteiger partial charge < -0.3 is 19.0 Å². The number of aromatic nitrogens is 1. The summed E-state index contributed by atoms with van der Waals surface area (Å²) in [4.78, 5) is 33.3. The molecule has 4 aromatic rings. The molecule has 5 rings (SSSR count). The predicted octanol–water partition coefficient (Wildman–Crippen LogP) is 4.01. The summed E-state index contributed by atoms with van der Waals surface area (Å²) in [7, 11) is 0. The molecule has 1 saturated heterocycles. The molecular weight excluding hydrogens is 418 g/mol. The first-order chi connectivity index (χ1) is 16.2. The molecule has 2 amide bonds. The molecular formula is C26H23N3O4. The normalized spacial score (nSPS) is 13.8. The van der Waals surface area contributed by atoms with Gasteiger partial charge in [0.15, 0.2) is 5.76 Å². The topological polar surface area (TPSA) is 75.9 Å². The summed E-state index contributed by atoms with van der Waals surface area (Å²) in [5, 5.41) is 1.09. The largest absolute Gasteiger partial charge is 0.487 e. The average Bonchev–Trinajstić information content (AvgIpc) is 3.42. The Bertz CT molecular complexity index is 1260. The summed E-state index contributed by atoms with van der Waals surface area (Å²) in [5.41, 5.74) is 2.37. The van der Waals surface area contributed by atoms with E-state index in [4.69, 9.17) is 9.15 Å². The molecule has 3 heterocycles. The van der Waals surface area contributed by atoms with Gasteiger partial charge in [0.2, 0.25) is 0 Å². The van der Waals surface area contributed by atoms with E-state index in [1.165, 1.54) is 6.26 Å². The van der Waals surface area contributed by atoms with Gasteiger partial charge >= 0.3 is 0 Å². The first kappa shape index (κ1) is 20.8. The lowest BCUT2D eigenvalue weighted by atomic mass is 10.1. The number of carbonyl (C=O) groups is 2. The number of hydrogen-bond donors (Lipinski definition) is 0. The van der Waals surface area contributed by atoms with Crippen LogP contribution in [0.4, 0.5) is 0 Å². The Balaban J connectivity index is 1.15. The first-order valence-electron chi connectivity index (χ1n) is 10.9. The highest BCUT2D eigenvalue weighted by atomic mass is 16.5. The van der Waals surface area contributed by atoms with Crippen molar-refractivity contribution in [1.82, 2.24) is 14.8 Å². The van der Waals surface area contributed by atoms with Gasteiger partial charge in [-0.05, 0) is 48.5 Å². The molecule has 2 aromatic heterocycles. The zero-order valence-electron chi connectivity index (χ0n) is 18.0. The summed E-state index contributed by atoms with van der Waals surface area (Å²) in [6.07, 6.45) is 1.48. The lowest BCUT2D eigenvalue weighted by molar-refractivity contribution is 0.0518. The van der Waals surface area contributed by atoms with Crippen molar-refractivity contribution >= 4 is 22.7 Å². The second-order valence-corrected chi connectivity index (χ2v) is 7.87. The minimum Gasteiger partial charge on any atom is -0.487 e. The molecule has 0 spiro atoms. The lowest BCUT2D eigenvalue weighted by Crippen LogP contribution is -2.50. The van der Waals surface area contributed by atoms with Crippen LogP contribution in [0.15, 0.2) is 83.5 Å². The van der Waals surface area contributed by atoms with Crippen molar-refractivity contribution in [1.29, 1.82) is 0 Å². The third-order valence-electron chi connectivity index (χ3n) is 5.73. The summed E-state index contributed by atoms with van der Waals surface area (Å²) in [5.74, 6) is 0.803. The van der Waals surface area contributed by atoms with Gasteiger partial charge in [-0.1, -0.05) is 24.3 Å². The molecule has 0 N–H and O–H groups in total. The quantitative estimate of drug-likeness (QED) is 0.468. The smallest absolute Gasteiger partial charge is 0.289 e. The van der Waals surface area contributed by atoms with E-state index in [1.54, 1.807) is 46.2 Å². The summed E-state index contributed by atoms with van der Waals surface area (Å²) < 4.78 is 11.0. The number of furan rings is 1. The minimum atomic E-state index is -0.144. The number of piperazine rings is 1. The monoisotopic (exact) mass is 441 g/mol. The van der Waals surface area contributed by atoms with Crippen LogP contribution in [0, 0.1) is 0 Å². The standard InChI is InChI=1S/C26H23N3O4/c30-25(28-13-15-29(16-14-28)26(31)24-6-3-17-32-24)20-8-11-22(12-9-20)33-18-21-10-7-19-4-1-2-5-23(19)27-21/h1-12,17H,13-16,18H2. The Labute approximate surface area is 191 Å². The number of ether oxygens (including phenoxy) is 1. The molecule has 2 aromatic carbocycles. The van der Waals surface area contributed by atoms with Crippen LogP contribution in [0.5, 0.6) is 5.75 Å². The molecule has 166 valence electrons. The van der Waals surface area contributed by atoms with Crippen molar-refractivity contribution < 1.29 is 18.7 Å². The van der Waals surface area contributed by atoms with Crippen molar-refractivity contribution in [2.45, 2.75) is 6.61 Å². The number of amides is 2. The van der Waals surface area contributed by atoms with E-state index in [0.29, 0.717) is 49.9 Å². The average molecular weight is 441 g/mol. The molecule has 0 bridgehead atoms. The highest BCUT2D eigenvalue weighted by Crippen LogP contribution is 2.18. The van der Waals surface area contributed by atoms with Crippen LogP contribution in [0.3, 0.4) is 0 Å². The number of fused-ring (bicyclic) bond motifs is 1. The van der Waals surface area contributed by atoms with E-state index in [2.05, 4.69) is 4.98 Å². The van der Waals surface area contributed by atoms with Gasteiger partial charge in [0, 0.05) is 37.1 Å². The second-order valence-electron chi connectivity index (χ2n) is 7.87. The molecule has 0 aliphatic carbocycles. The van der Waals surface area contributed by atoms with Crippen LogP contribution < -0.4 is 4.74 Å². The number of pyridine rings is 1. The van der Waals surface area contributed by atoms with Crippen molar-refractivity contribution in [2.75, 3.05) is 26.2 Å². The van der Waals surface area contributed by atoms with Crippen LogP contribution >= 0.6 is 0 Å². The van der Waals surface area contributed by atoms with Gasteiger partial charge in [-0.2, -0.15) is 0 Å². The zero-order valence-corrected chi connectivity index (χ0v) is 18.0. The van der Waals surface area contributed by atoms with Crippen LogP contribution in [-0.2, 0) is 6.61 Å². The highest BCUT2D eigenvalue weighted by molar-refractivity contribution is 5.95. The van der Waals surface area contributed by atoms with Crippen LogP contribution in [-0.4, -0.2) is 52.8 Å². The Hall–Kier alpha value is -4.13. The van der Waals surface area contributed by atoms with E-state index >= 15 is 0 Å². The molecule has 1 aliphatic heterocycles. The van der Waals surface area contributed by atoms with Gasteiger partial charge in [-0.25, -0.2) is 4.98 Å². The SMILES string of the molecule is O=C(c1ccc(OCc2ccc3ccccc3n2)cc1)N1CCN(C(=O)c2ccco2)CC1. The Kier molecular flexibility index (Phi) is 5.76. The molecule has 0 unspecified atom stereocenters. The summed E-state index contributed by atoms with van der Waals surface area (Å²) in [6, 6.07) is 22.4. The second kappa shape index (κ2) is 9.16. The number of carbonyl (C=O) groups excluding carboxylic acids is 2. The fraction of sp³-hybridized carbons (Fsp3) is 0.192. The maximum absolute atomic E-state index is 12.9. The van der Waals surface area contributed by atoms with Gasteiger partial charge in [0.25, 0.3) is 11.8 Å².